The number of carboxylic acids is 1. The van der Waals surface area contributed by atoms with E-state index in [0.29, 0.717) is 22.9 Å². The minimum atomic E-state index is -1.13. The van der Waals surface area contributed by atoms with Gasteiger partial charge in [0.1, 0.15) is 5.54 Å². The third-order valence-corrected chi connectivity index (χ3v) is 4.12. The van der Waals surface area contributed by atoms with E-state index in [1.807, 2.05) is 0 Å². The Bertz CT molecular complexity index is 498. The molecule has 0 aliphatic heterocycles. The molecule has 1 aromatic heterocycles. The fourth-order valence-corrected chi connectivity index (χ4v) is 2.82. The number of aliphatic carboxylic acids is 1. The molecule has 2 rings (SSSR count). The second-order valence-corrected chi connectivity index (χ2v) is 5.61. The fourth-order valence-electron chi connectivity index (χ4n) is 2.39. The third kappa shape index (κ3) is 2.94. The monoisotopic (exact) mass is 326 g/mol. The molecular weight excluding hydrogens is 312 g/mol. The van der Waals surface area contributed by atoms with Crippen molar-refractivity contribution in [1.29, 1.82) is 0 Å². The number of hydrogen-bond donors (Lipinski definition) is 2. The number of nitrogens with zero attached hydrogens (tertiary/aromatic N) is 1. The van der Waals surface area contributed by atoms with E-state index in [0.717, 1.165) is 19.3 Å². The maximum absolute atomic E-state index is 12.2. The molecule has 0 spiro atoms. The molecule has 0 radical (unpaired) electrons. The highest BCUT2D eigenvalue weighted by Crippen LogP contribution is 2.29. The Balaban J connectivity index is 2.20. The molecule has 0 unspecified atom stereocenters. The number of carbonyl (C=O) groups excluding carboxylic acids is 1. The van der Waals surface area contributed by atoms with Gasteiger partial charge in [-0.25, -0.2) is 4.79 Å². The van der Waals surface area contributed by atoms with Crippen LogP contribution in [0.25, 0.3) is 0 Å². The molecule has 0 bridgehead atoms. The number of carbonyl (C=O) groups is 2. The number of carboxylic acid groups (broad SMARTS) is 1. The Morgan fingerprint density at radius 3 is 2.58 bits per heavy atom. The van der Waals surface area contributed by atoms with E-state index in [2.05, 4.69) is 26.2 Å². The van der Waals surface area contributed by atoms with Gasteiger partial charge in [0.05, 0.1) is 5.56 Å². The molecule has 1 aromatic rings. The van der Waals surface area contributed by atoms with Gasteiger partial charge >= 0.3 is 5.97 Å². The molecular formula is C13H15BrN2O3. The van der Waals surface area contributed by atoms with Crippen LogP contribution in [0.4, 0.5) is 0 Å². The molecule has 1 amide bonds. The summed E-state index contributed by atoms with van der Waals surface area (Å²) in [5.41, 5.74) is -0.723. The highest BCUT2D eigenvalue weighted by atomic mass is 79.9. The van der Waals surface area contributed by atoms with Crippen molar-refractivity contribution in [2.24, 2.45) is 0 Å². The van der Waals surface area contributed by atoms with Gasteiger partial charge in [0.15, 0.2) is 0 Å². The minimum Gasteiger partial charge on any atom is -0.480 e. The summed E-state index contributed by atoms with van der Waals surface area (Å²) in [7, 11) is 0. The van der Waals surface area contributed by atoms with E-state index in [1.165, 1.54) is 12.4 Å². The van der Waals surface area contributed by atoms with Crippen LogP contribution in [-0.4, -0.2) is 27.5 Å². The van der Waals surface area contributed by atoms with Gasteiger partial charge in [-0.15, -0.1) is 0 Å². The SMILES string of the molecule is O=C(NC1(C(=O)O)CCCCC1)c1ccncc1Br. The summed E-state index contributed by atoms with van der Waals surface area (Å²) >= 11 is 3.25. The normalized spacial score (nSPS) is 17.7. The average Bonchev–Trinajstić information content (AvgIpc) is 2.40. The Labute approximate surface area is 119 Å². The van der Waals surface area contributed by atoms with Crippen molar-refractivity contribution >= 4 is 27.8 Å². The summed E-state index contributed by atoms with van der Waals surface area (Å²) < 4.78 is 0.559. The first-order chi connectivity index (χ1) is 9.05. The topological polar surface area (TPSA) is 79.3 Å². The summed E-state index contributed by atoms with van der Waals surface area (Å²) in [5, 5.41) is 12.1. The van der Waals surface area contributed by atoms with Crippen LogP contribution >= 0.6 is 15.9 Å². The fraction of sp³-hybridized carbons (Fsp3) is 0.462. The predicted octanol–water partition coefficient (Wildman–Crippen LogP) is 2.36. The molecule has 1 fully saturated rings. The summed E-state index contributed by atoms with van der Waals surface area (Å²) in [6.07, 6.45) is 6.66. The summed E-state index contributed by atoms with van der Waals surface area (Å²) in [6, 6.07) is 1.57. The molecule has 102 valence electrons. The van der Waals surface area contributed by atoms with Gasteiger partial charge in [-0.05, 0) is 34.8 Å². The lowest BCUT2D eigenvalue weighted by molar-refractivity contribution is -0.145. The van der Waals surface area contributed by atoms with Crippen LogP contribution in [0, 0.1) is 0 Å². The summed E-state index contributed by atoms with van der Waals surface area (Å²) in [4.78, 5) is 27.6. The number of rotatable bonds is 3. The quantitative estimate of drug-likeness (QED) is 0.893. The van der Waals surface area contributed by atoms with Crippen LogP contribution in [0.5, 0.6) is 0 Å². The lowest BCUT2D eigenvalue weighted by Crippen LogP contribution is -2.55. The van der Waals surface area contributed by atoms with Crippen LogP contribution in [0.2, 0.25) is 0 Å². The van der Waals surface area contributed by atoms with Crippen molar-refractivity contribution in [2.75, 3.05) is 0 Å². The van der Waals surface area contributed by atoms with Gasteiger partial charge in [-0.1, -0.05) is 19.3 Å². The minimum absolute atomic E-state index is 0.376. The number of nitrogens with one attached hydrogen (secondary N) is 1. The van der Waals surface area contributed by atoms with Crippen molar-refractivity contribution in [1.82, 2.24) is 10.3 Å². The molecule has 0 atom stereocenters. The van der Waals surface area contributed by atoms with E-state index in [1.54, 1.807) is 6.07 Å². The maximum atomic E-state index is 12.2. The number of hydrogen-bond acceptors (Lipinski definition) is 3. The van der Waals surface area contributed by atoms with Gasteiger partial charge in [0.2, 0.25) is 0 Å². The molecule has 1 saturated carbocycles. The van der Waals surface area contributed by atoms with Crippen LogP contribution in [0.3, 0.4) is 0 Å². The first-order valence-electron chi connectivity index (χ1n) is 6.21. The molecule has 2 N–H and O–H groups in total. The maximum Gasteiger partial charge on any atom is 0.329 e. The highest BCUT2D eigenvalue weighted by molar-refractivity contribution is 9.10. The largest absolute Gasteiger partial charge is 0.480 e. The second-order valence-electron chi connectivity index (χ2n) is 4.76. The number of halogens is 1. The van der Waals surface area contributed by atoms with Crippen LogP contribution in [0.1, 0.15) is 42.5 Å². The lowest BCUT2D eigenvalue weighted by Gasteiger charge is -2.34. The summed E-state index contributed by atoms with van der Waals surface area (Å²) in [6.45, 7) is 0. The van der Waals surface area contributed by atoms with Crippen molar-refractivity contribution in [3.63, 3.8) is 0 Å². The van der Waals surface area contributed by atoms with Gasteiger partial charge in [0, 0.05) is 16.9 Å². The molecule has 5 nitrogen and oxygen atoms in total. The Morgan fingerprint density at radius 2 is 2.00 bits per heavy atom. The second kappa shape index (κ2) is 5.69. The van der Waals surface area contributed by atoms with Gasteiger partial charge in [-0.3, -0.25) is 9.78 Å². The van der Waals surface area contributed by atoms with E-state index < -0.39 is 11.5 Å². The predicted molar refractivity (Wildman–Crippen MR) is 72.9 cm³/mol. The molecule has 1 heterocycles. The number of pyridine rings is 1. The molecule has 0 saturated heterocycles. The van der Waals surface area contributed by atoms with E-state index in [4.69, 9.17) is 0 Å². The van der Waals surface area contributed by atoms with Crippen LogP contribution in [-0.2, 0) is 4.79 Å². The van der Waals surface area contributed by atoms with Crippen molar-refractivity contribution in [2.45, 2.75) is 37.6 Å². The first kappa shape index (κ1) is 14.0. The van der Waals surface area contributed by atoms with Crippen molar-refractivity contribution in [3.8, 4) is 0 Å². The van der Waals surface area contributed by atoms with Gasteiger partial charge in [0.25, 0.3) is 5.91 Å². The van der Waals surface area contributed by atoms with E-state index in [-0.39, 0.29) is 5.91 Å². The zero-order chi connectivity index (χ0) is 13.9. The van der Waals surface area contributed by atoms with E-state index in [9.17, 15) is 14.7 Å². The number of aromatic nitrogens is 1. The zero-order valence-corrected chi connectivity index (χ0v) is 11.9. The third-order valence-electron chi connectivity index (χ3n) is 3.49. The van der Waals surface area contributed by atoms with Crippen LogP contribution < -0.4 is 5.32 Å². The number of amides is 1. The van der Waals surface area contributed by atoms with Gasteiger partial charge in [-0.2, -0.15) is 0 Å². The molecule has 19 heavy (non-hydrogen) atoms. The standard InChI is InChI=1S/C13H15BrN2O3/c14-10-8-15-7-4-9(10)11(17)16-13(12(18)19)5-2-1-3-6-13/h4,7-8H,1-3,5-6H2,(H,16,17)(H,18,19). The van der Waals surface area contributed by atoms with Crippen molar-refractivity contribution < 1.29 is 14.7 Å². The Kier molecular flexibility index (Phi) is 4.19. The smallest absolute Gasteiger partial charge is 0.329 e. The molecule has 1 aliphatic carbocycles. The van der Waals surface area contributed by atoms with Crippen molar-refractivity contribution in [3.05, 3.63) is 28.5 Å². The van der Waals surface area contributed by atoms with E-state index >= 15 is 0 Å². The van der Waals surface area contributed by atoms with Gasteiger partial charge < -0.3 is 10.4 Å². The summed E-state index contributed by atoms with van der Waals surface area (Å²) in [5.74, 6) is -1.33. The molecule has 6 heteroatoms. The zero-order valence-electron chi connectivity index (χ0n) is 10.4. The Morgan fingerprint density at radius 1 is 1.32 bits per heavy atom. The first-order valence-corrected chi connectivity index (χ1v) is 7.00. The Hall–Kier alpha value is -1.43. The molecule has 1 aliphatic rings. The molecule has 0 aromatic carbocycles. The van der Waals surface area contributed by atoms with Crippen LogP contribution in [0.15, 0.2) is 22.9 Å². The average molecular weight is 327 g/mol. The highest BCUT2D eigenvalue weighted by Gasteiger charge is 2.41. The lowest BCUT2D eigenvalue weighted by atomic mass is 9.81.